The van der Waals surface area contributed by atoms with Crippen LogP contribution in [0.3, 0.4) is 0 Å². The van der Waals surface area contributed by atoms with Gasteiger partial charge in [0.05, 0.1) is 0 Å². The van der Waals surface area contributed by atoms with Crippen LogP contribution in [0, 0.1) is 53.3 Å². The Kier molecular flexibility index (Phi) is 11.6. The summed E-state index contributed by atoms with van der Waals surface area (Å²) in [6, 6.07) is 0. The molecule has 0 aromatic rings. The molecule has 0 amide bonds. The van der Waals surface area contributed by atoms with Crippen molar-refractivity contribution >= 4 is 0 Å². The molecule has 0 heterocycles. The third kappa shape index (κ3) is 10.4. The van der Waals surface area contributed by atoms with E-state index in [-0.39, 0.29) is 0 Å². The Labute approximate surface area is 173 Å². The zero-order valence-corrected chi connectivity index (χ0v) is 20.6. The summed E-state index contributed by atoms with van der Waals surface area (Å²) in [5, 5.41) is 0. The van der Waals surface area contributed by atoms with E-state index in [2.05, 4.69) is 62.3 Å². The van der Waals surface area contributed by atoms with Crippen molar-refractivity contribution in [3.63, 3.8) is 0 Å². The lowest BCUT2D eigenvalue weighted by Gasteiger charge is -2.31. The molecule has 0 aromatic heterocycles. The zero-order chi connectivity index (χ0) is 20.6. The molecule has 0 aromatic carbocycles. The first-order chi connectivity index (χ1) is 12.6. The molecule has 1 rings (SSSR count). The van der Waals surface area contributed by atoms with E-state index in [1.165, 1.54) is 57.8 Å². The second-order valence-corrected chi connectivity index (χ2v) is 12.0. The van der Waals surface area contributed by atoms with Gasteiger partial charge in [0.1, 0.15) is 0 Å². The molecule has 1 aliphatic carbocycles. The zero-order valence-electron chi connectivity index (χ0n) is 20.6. The van der Waals surface area contributed by atoms with Gasteiger partial charge in [-0.15, -0.1) is 0 Å². The van der Waals surface area contributed by atoms with Crippen molar-refractivity contribution in [1.29, 1.82) is 0 Å². The van der Waals surface area contributed by atoms with Crippen LogP contribution in [-0.4, -0.2) is 0 Å². The predicted molar refractivity (Wildman–Crippen MR) is 124 cm³/mol. The van der Waals surface area contributed by atoms with Crippen LogP contribution in [0.2, 0.25) is 0 Å². The second kappa shape index (κ2) is 12.5. The quantitative estimate of drug-likeness (QED) is 0.299. The fourth-order valence-electron chi connectivity index (χ4n) is 6.80. The van der Waals surface area contributed by atoms with Crippen molar-refractivity contribution in [2.75, 3.05) is 0 Å². The van der Waals surface area contributed by atoms with Crippen LogP contribution in [0.1, 0.15) is 120 Å². The van der Waals surface area contributed by atoms with Gasteiger partial charge in [-0.2, -0.15) is 0 Å². The van der Waals surface area contributed by atoms with Crippen molar-refractivity contribution in [2.45, 2.75) is 120 Å². The van der Waals surface area contributed by atoms with E-state index in [0.29, 0.717) is 0 Å². The molecule has 1 saturated carbocycles. The Hall–Kier alpha value is 0. The summed E-state index contributed by atoms with van der Waals surface area (Å²) >= 11 is 0. The second-order valence-electron chi connectivity index (χ2n) is 12.0. The fourth-order valence-corrected chi connectivity index (χ4v) is 6.80. The van der Waals surface area contributed by atoms with E-state index < -0.39 is 0 Å². The monoisotopic (exact) mass is 378 g/mol. The van der Waals surface area contributed by atoms with Gasteiger partial charge < -0.3 is 0 Å². The van der Waals surface area contributed by atoms with E-state index >= 15 is 0 Å². The molecule has 0 radical (unpaired) electrons. The third-order valence-corrected chi connectivity index (χ3v) is 7.29. The standard InChI is InChI=1S/C27H54/c1-19(2)13-21(5)15-23(7)16-24(8)18-26-11-10-12-27(26)25(9)17-22(6)14-20(3)4/h19-27H,10-18H2,1-9H3. The van der Waals surface area contributed by atoms with Gasteiger partial charge in [-0.25, -0.2) is 0 Å². The van der Waals surface area contributed by atoms with Crippen molar-refractivity contribution in [2.24, 2.45) is 53.3 Å². The lowest BCUT2D eigenvalue weighted by atomic mass is 9.75. The first kappa shape index (κ1) is 25.0. The molecule has 27 heavy (non-hydrogen) atoms. The van der Waals surface area contributed by atoms with Crippen molar-refractivity contribution in [3.05, 3.63) is 0 Å². The molecule has 0 saturated heterocycles. The van der Waals surface area contributed by atoms with E-state index in [1.807, 2.05) is 0 Å². The van der Waals surface area contributed by atoms with Gasteiger partial charge in [-0.05, 0) is 98.2 Å². The van der Waals surface area contributed by atoms with Crippen LogP contribution in [0.15, 0.2) is 0 Å². The van der Waals surface area contributed by atoms with Crippen LogP contribution in [-0.2, 0) is 0 Å². The topological polar surface area (TPSA) is 0 Å². The highest BCUT2D eigenvalue weighted by Gasteiger charge is 2.33. The van der Waals surface area contributed by atoms with E-state index in [9.17, 15) is 0 Å². The summed E-state index contributed by atoms with van der Waals surface area (Å²) in [4.78, 5) is 0. The minimum atomic E-state index is 0.850. The first-order valence-corrected chi connectivity index (χ1v) is 12.6. The number of hydrogen-bond donors (Lipinski definition) is 0. The van der Waals surface area contributed by atoms with Gasteiger partial charge in [0.25, 0.3) is 0 Å². The maximum absolute atomic E-state index is 2.57. The summed E-state index contributed by atoms with van der Waals surface area (Å²) in [5.74, 6) is 8.28. The minimum absolute atomic E-state index is 0.850. The summed E-state index contributed by atoms with van der Waals surface area (Å²) in [7, 11) is 0. The highest BCUT2D eigenvalue weighted by atomic mass is 14.4. The lowest BCUT2D eigenvalue weighted by molar-refractivity contribution is 0.195. The largest absolute Gasteiger partial charge is 0.0628 e. The maximum atomic E-state index is 2.57. The van der Waals surface area contributed by atoms with Crippen LogP contribution < -0.4 is 0 Å². The highest BCUT2D eigenvalue weighted by Crippen LogP contribution is 2.43. The molecule has 7 atom stereocenters. The summed E-state index contributed by atoms with van der Waals surface area (Å²) < 4.78 is 0. The molecule has 0 heteroatoms. The lowest BCUT2D eigenvalue weighted by Crippen LogP contribution is -2.21. The van der Waals surface area contributed by atoms with Crippen LogP contribution in [0.5, 0.6) is 0 Å². The fraction of sp³-hybridized carbons (Fsp3) is 1.00. The molecular formula is C27H54. The van der Waals surface area contributed by atoms with Gasteiger partial charge in [0.2, 0.25) is 0 Å². The van der Waals surface area contributed by atoms with E-state index in [1.54, 1.807) is 0 Å². The highest BCUT2D eigenvalue weighted by molar-refractivity contribution is 4.83. The molecular weight excluding hydrogens is 324 g/mol. The molecule has 0 aliphatic heterocycles. The normalized spacial score (nSPS) is 26.3. The van der Waals surface area contributed by atoms with Crippen LogP contribution in [0.4, 0.5) is 0 Å². The summed E-state index contributed by atoms with van der Waals surface area (Å²) in [6.45, 7) is 22.1. The Bertz CT molecular complexity index is 368. The third-order valence-electron chi connectivity index (χ3n) is 7.29. The maximum Gasteiger partial charge on any atom is -0.0360 e. The van der Waals surface area contributed by atoms with Crippen LogP contribution >= 0.6 is 0 Å². The molecule has 0 spiro atoms. The van der Waals surface area contributed by atoms with Gasteiger partial charge in [0.15, 0.2) is 0 Å². The molecule has 7 unspecified atom stereocenters. The van der Waals surface area contributed by atoms with Gasteiger partial charge in [0, 0.05) is 0 Å². The van der Waals surface area contributed by atoms with E-state index in [4.69, 9.17) is 0 Å². The van der Waals surface area contributed by atoms with Crippen LogP contribution in [0.25, 0.3) is 0 Å². The Morgan fingerprint density at radius 1 is 0.556 bits per heavy atom. The predicted octanol–water partition coefficient (Wildman–Crippen LogP) is 9.24. The SMILES string of the molecule is CC(C)CC(C)CC(C)CC(C)CC1CCCC1C(C)CC(C)CC(C)C. The van der Waals surface area contributed by atoms with E-state index in [0.717, 1.165) is 53.3 Å². The smallest absolute Gasteiger partial charge is 0.0360 e. The summed E-state index contributed by atoms with van der Waals surface area (Å²) in [5.41, 5.74) is 0. The Morgan fingerprint density at radius 3 is 1.59 bits per heavy atom. The molecule has 0 bridgehead atoms. The summed E-state index contributed by atoms with van der Waals surface area (Å²) in [6.07, 6.45) is 13.1. The van der Waals surface area contributed by atoms with Crippen molar-refractivity contribution in [1.82, 2.24) is 0 Å². The average Bonchev–Trinajstić information content (AvgIpc) is 2.92. The molecule has 162 valence electrons. The average molecular weight is 379 g/mol. The molecule has 0 nitrogen and oxygen atoms in total. The van der Waals surface area contributed by atoms with Gasteiger partial charge in [-0.3, -0.25) is 0 Å². The van der Waals surface area contributed by atoms with Gasteiger partial charge in [-0.1, -0.05) is 75.2 Å². The molecule has 1 fully saturated rings. The first-order valence-electron chi connectivity index (χ1n) is 12.6. The molecule has 1 aliphatic rings. The molecule has 0 N–H and O–H groups in total. The number of rotatable bonds is 13. The number of hydrogen-bond acceptors (Lipinski definition) is 0. The van der Waals surface area contributed by atoms with Crippen molar-refractivity contribution in [3.8, 4) is 0 Å². The Morgan fingerprint density at radius 2 is 1.04 bits per heavy atom. The van der Waals surface area contributed by atoms with Gasteiger partial charge >= 0.3 is 0 Å². The Balaban J connectivity index is 2.42. The van der Waals surface area contributed by atoms with Crippen molar-refractivity contribution < 1.29 is 0 Å². The minimum Gasteiger partial charge on any atom is -0.0628 e.